The minimum Gasteiger partial charge on any atom is -0.490 e. The lowest BCUT2D eigenvalue weighted by Crippen LogP contribution is -2.34. The summed E-state index contributed by atoms with van der Waals surface area (Å²) in [5.74, 6) is 3.13. The number of likely N-dealkylation sites (tertiary alicyclic amines) is 1. The summed E-state index contributed by atoms with van der Waals surface area (Å²) in [6.45, 7) is 4.15. The van der Waals surface area contributed by atoms with Crippen molar-refractivity contribution < 1.29 is 9.53 Å². The summed E-state index contributed by atoms with van der Waals surface area (Å²) in [4.78, 5) is 19.0. The Hall–Kier alpha value is -2.30. The van der Waals surface area contributed by atoms with Crippen LogP contribution in [0.3, 0.4) is 0 Å². The van der Waals surface area contributed by atoms with Gasteiger partial charge in [0.1, 0.15) is 24.2 Å². The highest BCUT2D eigenvalue weighted by atomic mass is 16.5. The average Bonchev–Trinajstić information content (AvgIpc) is 3.33. The lowest BCUT2D eigenvalue weighted by molar-refractivity contribution is -0.131. The lowest BCUT2D eigenvalue weighted by Gasteiger charge is -2.22. The monoisotopic (exact) mass is 339 g/mol. The third-order valence-electron chi connectivity index (χ3n) is 5.60. The zero-order valence-electron chi connectivity index (χ0n) is 14.7. The third-order valence-corrected chi connectivity index (χ3v) is 5.60. The van der Waals surface area contributed by atoms with Crippen LogP contribution in [0.4, 0.5) is 0 Å². The minimum atomic E-state index is 0.195. The van der Waals surface area contributed by atoms with Gasteiger partial charge in [-0.1, -0.05) is 25.1 Å². The van der Waals surface area contributed by atoms with Crippen LogP contribution in [0, 0.1) is 11.8 Å². The number of carbonyl (C=O) groups excluding carboxylic acids is 1. The number of hydrogen-bond acceptors (Lipinski definition) is 3. The van der Waals surface area contributed by atoms with Gasteiger partial charge in [0.2, 0.25) is 5.91 Å². The highest BCUT2D eigenvalue weighted by Gasteiger charge is 2.45. The molecule has 4 rings (SSSR count). The molecule has 0 radical (unpaired) electrons. The molecular formula is C20H25N3O2. The van der Waals surface area contributed by atoms with Crippen molar-refractivity contribution in [1.82, 2.24) is 14.5 Å². The molecule has 5 heteroatoms. The van der Waals surface area contributed by atoms with Crippen molar-refractivity contribution in [3.63, 3.8) is 0 Å². The molecule has 132 valence electrons. The molecule has 0 bridgehead atoms. The third kappa shape index (κ3) is 3.28. The second kappa shape index (κ2) is 6.90. The molecular weight excluding hydrogens is 314 g/mol. The average molecular weight is 339 g/mol. The number of carbonyl (C=O) groups is 1. The van der Waals surface area contributed by atoms with Gasteiger partial charge in [-0.05, 0) is 30.9 Å². The number of imidazole rings is 1. The quantitative estimate of drug-likeness (QED) is 0.841. The van der Waals surface area contributed by atoms with Crippen molar-refractivity contribution in [1.29, 1.82) is 0 Å². The van der Waals surface area contributed by atoms with Gasteiger partial charge in [0, 0.05) is 37.8 Å². The molecule has 0 spiro atoms. The molecule has 1 amide bonds. The van der Waals surface area contributed by atoms with Gasteiger partial charge in [-0.3, -0.25) is 4.79 Å². The van der Waals surface area contributed by atoms with Crippen LogP contribution in [0.5, 0.6) is 5.75 Å². The van der Waals surface area contributed by atoms with E-state index in [2.05, 4.69) is 11.9 Å². The second-order valence-electron chi connectivity index (χ2n) is 7.09. The first-order valence-corrected chi connectivity index (χ1v) is 9.24. The van der Waals surface area contributed by atoms with E-state index in [1.165, 1.54) is 0 Å². The van der Waals surface area contributed by atoms with Crippen molar-refractivity contribution >= 4 is 5.91 Å². The Morgan fingerprint density at radius 1 is 1.24 bits per heavy atom. The van der Waals surface area contributed by atoms with Crippen LogP contribution in [-0.4, -0.2) is 39.6 Å². The Balaban J connectivity index is 1.38. The standard InChI is InChI=1S/C20H25N3O2/c1-2-19-21-10-11-22(19)14-20(24)23-12-15-8-9-18(17(15)13-23)25-16-6-4-3-5-7-16/h3-7,10-11,15,17-18H,2,8-9,12-14H2,1H3/t15-,17+,18-/m0/s1. The summed E-state index contributed by atoms with van der Waals surface area (Å²) in [5, 5.41) is 0. The van der Waals surface area contributed by atoms with Gasteiger partial charge in [-0.2, -0.15) is 0 Å². The molecule has 2 heterocycles. The number of nitrogens with zero attached hydrogens (tertiary/aromatic N) is 3. The maximum Gasteiger partial charge on any atom is 0.242 e. The van der Waals surface area contributed by atoms with Gasteiger partial charge in [-0.15, -0.1) is 0 Å². The van der Waals surface area contributed by atoms with E-state index in [1.54, 1.807) is 6.20 Å². The summed E-state index contributed by atoms with van der Waals surface area (Å²) in [6, 6.07) is 10.0. The summed E-state index contributed by atoms with van der Waals surface area (Å²) < 4.78 is 8.17. The van der Waals surface area contributed by atoms with E-state index in [4.69, 9.17) is 4.74 Å². The van der Waals surface area contributed by atoms with E-state index in [0.29, 0.717) is 18.4 Å². The fourth-order valence-corrected chi connectivity index (χ4v) is 4.28. The molecule has 25 heavy (non-hydrogen) atoms. The Bertz CT molecular complexity index is 728. The Kier molecular flexibility index (Phi) is 4.47. The molecule has 1 saturated carbocycles. The Labute approximate surface area is 148 Å². The van der Waals surface area contributed by atoms with Crippen molar-refractivity contribution in [2.24, 2.45) is 11.8 Å². The van der Waals surface area contributed by atoms with Gasteiger partial charge < -0.3 is 14.2 Å². The molecule has 1 aliphatic carbocycles. The minimum absolute atomic E-state index is 0.195. The fraction of sp³-hybridized carbons (Fsp3) is 0.500. The number of aromatic nitrogens is 2. The topological polar surface area (TPSA) is 47.4 Å². The summed E-state index contributed by atoms with van der Waals surface area (Å²) in [5.41, 5.74) is 0. The van der Waals surface area contributed by atoms with Crippen molar-refractivity contribution in [2.45, 2.75) is 38.8 Å². The number of hydrogen-bond donors (Lipinski definition) is 0. The summed E-state index contributed by atoms with van der Waals surface area (Å²) in [7, 11) is 0. The predicted molar refractivity (Wildman–Crippen MR) is 95.3 cm³/mol. The number of rotatable bonds is 5. The molecule has 2 aromatic rings. The fourth-order valence-electron chi connectivity index (χ4n) is 4.28. The number of para-hydroxylation sites is 1. The lowest BCUT2D eigenvalue weighted by atomic mass is 9.99. The molecule has 5 nitrogen and oxygen atoms in total. The number of aryl methyl sites for hydroxylation is 1. The van der Waals surface area contributed by atoms with E-state index in [9.17, 15) is 4.79 Å². The molecule has 1 saturated heterocycles. The normalized spacial score (nSPS) is 25.2. The van der Waals surface area contributed by atoms with Crippen molar-refractivity contribution in [3.8, 4) is 5.75 Å². The first kappa shape index (κ1) is 16.2. The maximum atomic E-state index is 12.7. The molecule has 2 aliphatic rings. The van der Waals surface area contributed by atoms with E-state index in [1.807, 2.05) is 46.0 Å². The molecule has 1 aromatic heterocycles. The van der Waals surface area contributed by atoms with Gasteiger partial charge >= 0.3 is 0 Å². The van der Waals surface area contributed by atoms with Gasteiger partial charge in [-0.25, -0.2) is 4.98 Å². The van der Waals surface area contributed by atoms with Crippen LogP contribution in [-0.2, 0) is 17.8 Å². The molecule has 2 fully saturated rings. The first-order valence-electron chi connectivity index (χ1n) is 9.24. The molecule has 0 N–H and O–H groups in total. The molecule has 0 unspecified atom stereocenters. The van der Waals surface area contributed by atoms with E-state index >= 15 is 0 Å². The number of ether oxygens (including phenoxy) is 1. The SMILES string of the molecule is CCc1nccn1CC(=O)N1C[C@@H]2CC[C@H](Oc3ccccc3)[C@@H]2C1. The van der Waals surface area contributed by atoms with Crippen LogP contribution in [0.2, 0.25) is 0 Å². The first-order chi connectivity index (χ1) is 12.2. The van der Waals surface area contributed by atoms with E-state index in [-0.39, 0.29) is 12.0 Å². The molecule has 1 aromatic carbocycles. The van der Waals surface area contributed by atoms with E-state index < -0.39 is 0 Å². The van der Waals surface area contributed by atoms with Gasteiger partial charge in [0.05, 0.1) is 0 Å². The summed E-state index contributed by atoms with van der Waals surface area (Å²) in [6.07, 6.45) is 6.98. The van der Waals surface area contributed by atoms with Crippen LogP contribution < -0.4 is 4.74 Å². The van der Waals surface area contributed by atoms with Crippen molar-refractivity contribution in [2.75, 3.05) is 13.1 Å². The second-order valence-corrected chi connectivity index (χ2v) is 7.09. The number of benzene rings is 1. The highest BCUT2D eigenvalue weighted by molar-refractivity contribution is 5.76. The predicted octanol–water partition coefficient (Wildman–Crippen LogP) is 2.76. The number of fused-ring (bicyclic) bond motifs is 1. The van der Waals surface area contributed by atoms with Gasteiger partial charge in [0.15, 0.2) is 0 Å². The highest BCUT2D eigenvalue weighted by Crippen LogP contribution is 2.40. The molecule has 3 atom stereocenters. The van der Waals surface area contributed by atoms with Gasteiger partial charge in [0.25, 0.3) is 0 Å². The maximum absolute atomic E-state index is 12.7. The largest absolute Gasteiger partial charge is 0.490 e. The zero-order valence-corrected chi connectivity index (χ0v) is 14.7. The zero-order chi connectivity index (χ0) is 17.2. The van der Waals surface area contributed by atoms with E-state index in [0.717, 1.165) is 43.9 Å². The Morgan fingerprint density at radius 3 is 2.88 bits per heavy atom. The van der Waals surface area contributed by atoms with Crippen LogP contribution in [0.1, 0.15) is 25.6 Å². The van der Waals surface area contributed by atoms with Crippen LogP contribution in [0.15, 0.2) is 42.7 Å². The molecule has 1 aliphatic heterocycles. The van der Waals surface area contributed by atoms with Crippen LogP contribution >= 0.6 is 0 Å². The summed E-state index contributed by atoms with van der Waals surface area (Å²) >= 11 is 0. The number of amides is 1. The van der Waals surface area contributed by atoms with Crippen LogP contribution in [0.25, 0.3) is 0 Å². The smallest absolute Gasteiger partial charge is 0.242 e. The van der Waals surface area contributed by atoms with Crippen molar-refractivity contribution in [3.05, 3.63) is 48.5 Å². The Morgan fingerprint density at radius 2 is 2.08 bits per heavy atom.